The molecule has 0 aromatic rings. The first kappa shape index (κ1) is 11.9. The zero-order valence-electron chi connectivity index (χ0n) is 11.0. The summed E-state index contributed by atoms with van der Waals surface area (Å²) in [6.07, 6.45) is 5.11. The van der Waals surface area contributed by atoms with Crippen LogP contribution in [-0.2, 0) is 0 Å². The van der Waals surface area contributed by atoms with Gasteiger partial charge in [-0.1, -0.05) is 0 Å². The monoisotopic (exact) mass is 223 g/mol. The highest BCUT2D eigenvalue weighted by molar-refractivity contribution is 5.83. The van der Waals surface area contributed by atoms with Crippen LogP contribution in [0.5, 0.6) is 0 Å². The normalized spacial score (nSPS) is 36.8. The van der Waals surface area contributed by atoms with Gasteiger partial charge < -0.3 is 10.6 Å². The van der Waals surface area contributed by atoms with Crippen molar-refractivity contribution in [2.75, 3.05) is 7.05 Å². The maximum absolute atomic E-state index is 6.16. The van der Waals surface area contributed by atoms with E-state index < -0.39 is 0 Å². The zero-order chi connectivity index (χ0) is 11.9. The Labute approximate surface area is 99.1 Å². The van der Waals surface area contributed by atoms with Crippen molar-refractivity contribution in [3.63, 3.8) is 0 Å². The molecule has 0 amide bonds. The summed E-state index contributed by atoms with van der Waals surface area (Å²) in [6.45, 7) is 6.34. The molecule has 2 rings (SSSR count). The van der Waals surface area contributed by atoms with Gasteiger partial charge in [0.1, 0.15) is 0 Å². The summed E-state index contributed by atoms with van der Waals surface area (Å²) in [6, 6.07) is 1.50. The fraction of sp³-hybridized carbons (Fsp3) is 0.923. The van der Waals surface area contributed by atoms with E-state index in [1.165, 1.54) is 25.7 Å². The van der Waals surface area contributed by atoms with Crippen molar-refractivity contribution in [3.05, 3.63) is 0 Å². The molecule has 2 atom stereocenters. The Morgan fingerprint density at radius 1 is 1.19 bits per heavy atom. The van der Waals surface area contributed by atoms with Gasteiger partial charge in [-0.2, -0.15) is 0 Å². The molecule has 2 N–H and O–H groups in total. The standard InChI is InChI=1S/C13H25N3/c1-13(2,3)15-12(14)9-7-10-5-6-11(8-9)16(10)4/h9-11H,5-8H2,1-4H3,(H2,14,15). The molecule has 2 heterocycles. The summed E-state index contributed by atoms with van der Waals surface area (Å²) in [5.74, 6) is 1.41. The summed E-state index contributed by atoms with van der Waals surface area (Å²) in [7, 11) is 2.26. The van der Waals surface area contributed by atoms with Crippen LogP contribution in [0.1, 0.15) is 46.5 Å². The first-order chi connectivity index (χ1) is 7.37. The molecule has 2 fully saturated rings. The van der Waals surface area contributed by atoms with Gasteiger partial charge in [-0.15, -0.1) is 0 Å². The lowest BCUT2D eigenvalue weighted by atomic mass is 9.90. The van der Waals surface area contributed by atoms with Gasteiger partial charge in [-0.3, -0.25) is 4.99 Å². The Bertz CT molecular complexity index is 276. The van der Waals surface area contributed by atoms with E-state index >= 15 is 0 Å². The summed E-state index contributed by atoms with van der Waals surface area (Å²) in [5, 5.41) is 0. The van der Waals surface area contributed by atoms with Crippen LogP contribution in [0.25, 0.3) is 0 Å². The maximum Gasteiger partial charge on any atom is 0.0976 e. The van der Waals surface area contributed by atoms with Crippen LogP contribution in [-0.4, -0.2) is 35.4 Å². The highest BCUT2D eigenvalue weighted by atomic mass is 15.2. The van der Waals surface area contributed by atoms with Crippen molar-refractivity contribution < 1.29 is 0 Å². The minimum absolute atomic E-state index is 0.0352. The van der Waals surface area contributed by atoms with Crippen LogP contribution in [0.4, 0.5) is 0 Å². The third kappa shape index (κ3) is 2.40. The summed E-state index contributed by atoms with van der Waals surface area (Å²) in [4.78, 5) is 7.17. The van der Waals surface area contributed by atoms with Crippen molar-refractivity contribution in [3.8, 4) is 0 Å². The molecule has 0 aromatic carbocycles. The lowest BCUT2D eigenvalue weighted by molar-refractivity contribution is 0.157. The van der Waals surface area contributed by atoms with Crippen LogP contribution < -0.4 is 5.73 Å². The lowest BCUT2D eigenvalue weighted by Crippen LogP contribution is -2.44. The van der Waals surface area contributed by atoms with Gasteiger partial charge in [-0.05, 0) is 53.5 Å². The molecule has 2 aliphatic heterocycles. The predicted molar refractivity (Wildman–Crippen MR) is 68.7 cm³/mol. The van der Waals surface area contributed by atoms with E-state index in [4.69, 9.17) is 5.73 Å². The van der Waals surface area contributed by atoms with Crippen molar-refractivity contribution in [2.45, 2.75) is 64.1 Å². The second-order valence-electron chi connectivity index (χ2n) is 6.43. The van der Waals surface area contributed by atoms with Crippen molar-refractivity contribution in [1.29, 1.82) is 0 Å². The SMILES string of the molecule is CN1C2CCC1CC(C(N)=NC(C)(C)C)C2. The average molecular weight is 223 g/mol. The van der Waals surface area contributed by atoms with Gasteiger partial charge in [0.15, 0.2) is 0 Å². The molecule has 92 valence electrons. The van der Waals surface area contributed by atoms with Crippen LogP contribution in [0.15, 0.2) is 4.99 Å². The van der Waals surface area contributed by atoms with E-state index in [0.29, 0.717) is 5.92 Å². The Balaban J connectivity index is 2.05. The molecule has 3 heteroatoms. The lowest BCUT2D eigenvalue weighted by Gasteiger charge is -2.36. The van der Waals surface area contributed by atoms with E-state index in [-0.39, 0.29) is 5.54 Å². The number of nitrogens with two attached hydrogens (primary N) is 1. The molecule has 2 bridgehead atoms. The van der Waals surface area contributed by atoms with Crippen LogP contribution >= 0.6 is 0 Å². The highest BCUT2D eigenvalue weighted by Gasteiger charge is 2.39. The zero-order valence-corrected chi connectivity index (χ0v) is 11.0. The Morgan fingerprint density at radius 2 is 1.69 bits per heavy atom. The van der Waals surface area contributed by atoms with E-state index in [9.17, 15) is 0 Å². The van der Waals surface area contributed by atoms with Gasteiger partial charge in [-0.25, -0.2) is 0 Å². The number of hydrogen-bond donors (Lipinski definition) is 1. The fourth-order valence-electron chi connectivity index (χ4n) is 3.13. The first-order valence-electron chi connectivity index (χ1n) is 6.44. The van der Waals surface area contributed by atoms with Gasteiger partial charge >= 0.3 is 0 Å². The Hall–Kier alpha value is -0.570. The van der Waals surface area contributed by atoms with E-state index in [1.54, 1.807) is 0 Å². The molecular formula is C13H25N3. The second-order valence-corrected chi connectivity index (χ2v) is 6.43. The largest absolute Gasteiger partial charge is 0.387 e. The van der Waals surface area contributed by atoms with Gasteiger partial charge in [0, 0.05) is 18.0 Å². The van der Waals surface area contributed by atoms with Crippen molar-refractivity contribution >= 4 is 5.84 Å². The average Bonchev–Trinajstić information content (AvgIpc) is 2.38. The number of fused-ring (bicyclic) bond motifs is 2. The molecule has 0 aliphatic carbocycles. The number of aliphatic imine (C=N–C) groups is 1. The molecule has 3 nitrogen and oxygen atoms in total. The number of amidine groups is 1. The van der Waals surface area contributed by atoms with Gasteiger partial charge in [0.05, 0.1) is 11.4 Å². The van der Waals surface area contributed by atoms with Gasteiger partial charge in [0.2, 0.25) is 0 Å². The minimum Gasteiger partial charge on any atom is -0.387 e. The molecule has 0 spiro atoms. The summed E-state index contributed by atoms with van der Waals surface area (Å²) >= 11 is 0. The second kappa shape index (κ2) is 4.02. The van der Waals surface area contributed by atoms with E-state index in [0.717, 1.165) is 17.9 Å². The molecule has 0 radical (unpaired) electrons. The maximum atomic E-state index is 6.16. The van der Waals surface area contributed by atoms with Gasteiger partial charge in [0.25, 0.3) is 0 Å². The Morgan fingerprint density at radius 3 is 2.12 bits per heavy atom. The summed E-state index contributed by atoms with van der Waals surface area (Å²) in [5.41, 5.74) is 6.13. The first-order valence-corrected chi connectivity index (χ1v) is 6.44. The van der Waals surface area contributed by atoms with E-state index in [1.807, 2.05) is 0 Å². The number of rotatable bonds is 1. The van der Waals surface area contributed by atoms with E-state index in [2.05, 4.69) is 37.7 Å². The molecule has 16 heavy (non-hydrogen) atoms. The van der Waals surface area contributed by atoms with Crippen LogP contribution in [0.2, 0.25) is 0 Å². The minimum atomic E-state index is -0.0352. The number of hydrogen-bond acceptors (Lipinski definition) is 2. The fourth-order valence-corrected chi connectivity index (χ4v) is 3.13. The molecule has 2 saturated heterocycles. The molecule has 2 aliphatic rings. The quantitative estimate of drug-likeness (QED) is 0.546. The molecule has 2 unspecified atom stereocenters. The third-order valence-corrected chi connectivity index (χ3v) is 3.98. The van der Waals surface area contributed by atoms with Crippen molar-refractivity contribution in [2.24, 2.45) is 16.6 Å². The molecular weight excluding hydrogens is 198 g/mol. The Kier molecular flexibility index (Phi) is 2.99. The smallest absolute Gasteiger partial charge is 0.0976 e. The highest BCUT2D eigenvalue weighted by Crippen LogP contribution is 2.37. The third-order valence-electron chi connectivity index (χ3n) is 3.98. The predicted octanol–water partition coefficient (Wildman–Crippen LogP) is 2.01. The number of piperidine rings is 1. The number of nitrogens with zero attached hydrogens (tertiary/aromatic N) is 2. The topological polar surface area (TPSA) is 41.6 Å². The summed E-state index contributed by atoms with van der Waals surface area (Å²) < 4.78 is 0. The molecule has 0 saturated carbocycles. The molecule has 0 aromatic heterocycles. The van der Waals surface area contributed by atoms with Crippen molar-refractivity contribution in [1.82, 2.24) is 4.90 Å². The van der Waals surface area contributed by atoms with Crippen LogP contribution in [0.3, 0.4) is 0 Å². The van der Waals surface area contributed by atoms with Crippen LogP contribution in [0, 0.1) is 5.92 Å².